The average Bonchev–Trinajstić information content (AvgIpc) is 3.11. The van der Waals surface area contributed by atoms with E-state index >= 15 is 0 Å². The zero-order valence-corrected chi connectivity index (χ0v) is 16.2. The van der Waals surface area contributed by atoms with Crippen LogP contribution in [0.3, 0.4) is 0 Å². The van der Waals surface area contributed by atoms with E-state index in [0.29, 0.717) is 13.0 Å². The lowest BCUT2D eigenvalue weighted by Gasteiger charge is -2.20. The summed E-state index contributed by atoms with van der Waals surface area (Å²) in [6.45, 7) is 0.581. The van der Waals surface area contributed by atoms with Crippen molar-refractivity contribution in [2.45, 2.75) is 43.7 Å². The Hall–Kier alpha value is -2.02. The van der Waals surface area contributed by atoms with Crippen LogP contribution in [0.1, 0.15) is 37.9 Å². The molecule has 3 rings (SSSR count). The van der Waals surface area contributed by atoms with E-state index in [1.807, 2.05) is 35.1 Å². The Labute approximate surface area is 158 Å². The van der Waals surface area contributed by atoms with Gasteiger partial charge in [-0.05, 0) is 43.4 Å². The highest BCUT2D eigenvalue weighted by Gasteiger charge is 2.21. The Bertz CT molecular complexity index is 724. The fourth-order valence-corrected chi connectivity index (χ4v) is 3.91. The number of nitrogens with zero attached hydrogens (tertiary/aromatic N) is 3. The molecule has 1 heterocycles. The molecule has 1 aromatic heterocycles. The molecule has 1 aromatic carbocycles. The lowest BCUT2D eigenvalue weighted by molar-refractivity contribution is -0.125. The topological polar surface area (TPSA) is 69.0 Å². The summed E-state index contributed by atoms with van der Waals surface area (Å²) in [6, 6.07) is 7.83. The van der Waals surface area contributed by atoms with Crippen LogP contribution >= 0.6 is 11.8 Å². The number of amides is 1. The molecule has 0 atom stereocenters. The van der Waals surface area contributed by atoms with Crippen LogP contribution in [0.4, 0.5) is 0 Å². The van der Waals surface area contributed by atoms with E-state index < -0.39 is 0 Å². The van der Waals surface area contributed by atoms with Gasteiger partial charge in [0.05, 0.1) is 7.11 Å². The van der Waals surface area contributed by atoms with Crippen molar-refractivity contribution in [2.75, 3.05) is 19.9 Å². The second kappa shape index (κ2) is 9.07. The Morgan fingerprint density at radius 2 is 1.96 bits per heavy atom. The summed E-state index contributed by atoms with van der Waals surface area (Å²) in [5.41, 5.74) is 0.994. The summed E-state index contributed by atoms with van der Waals surface area (Å²) in [5, 5.41) is 12.5. The van der Waals surface area contributed by atoms with Crippen molar-refractivity contribution in [2.24, 2.45) is 5.92 Å². The van der Waals surface area contributed by atoms with Gasteiger partial charge in [0.15, 0.2) is 5.16 Å². The number of methoxy groups -OCH3 is 1. The highest BCUT2D eigenvalue weighted by atomic mass is 32.2. The molecule has 6 nitrogen and oxygen atoms in total. The number of thioether (sulfide) groups is 1. The molecule has 140 valence electrons. The van der Waals surface area contributed by atoms with Crippen LogP contribution in [0.25, 0.3) is 5.69 Å². The van der Waals surface area contributed by atoms with Gasteiger partial charge in [0.2, 0.25) is 5.91 Å². The zero-order valence-electron chi connectivity index (χ0n) is 15.4. The minimum atomic E-state index is 0.185. The Morgan fingerprint density at radius 1 is 1.23 bits per heavy atom. The Balaban J connectivity index is 1.66. The van der Waals surface area contributed by atoms with Crippen molar-refractivity contribution in [1.82, 2.24) is 20.1 Å². The van der Waals surface area contributed by atoms with E-state index in [2.05, 4.69) is 15.5 Å². The fourth-order valence-electron chi connectivity index (χ4n) is 3.39. The summed E-state index contributed by atoms with van der Waals surface area (Å²) in [6.07, 6.45) is 8.26. The largest absolute Gasteiger partial charge is 0.497 e. The van der Waals surface area contributed by atoms with Gasteiger partial charge in [-0.2, -0.15) is 0 Å². The molecular formula is C19H26N4O2S. The molecule has 7 heteroatoms. The van der Waals surface area contributed by atoms with Gasteiger partial charge in [-0.25, -0.2) is 0 Å². The number of ether oxygens (including phenoxy) is 1. The molecule has 2 aromatic rings. The highest BCUT2D eigenvalue weighted by Crippen LogP contribution is 2.24. The third-order valence-corrected chi connectivity index (χ3v) is 5.47. The van der Waals surface area contributed by atoms with E-state index in [4.69, 9.17) is 4.74 Å². The predicted octanol–water partition coefficient (Wildman–Crippen LogP) is 3.24. The fraction of sp³-hybridized carbons (Fsp3) is 0.526. The third kappa shape index (κ3) is 4.38. The second-order valence-electron chi connectivity index (χ2n) is 6.51. The zero-order chi connectivity index (χ0) is 18.4. The Kier molecular flexibility index (Phi) is 6.55. The number of carbonyl (C=O) groups excluding carboxylic acids is 1. The van der Waals surface area contributed by atoms with Crippen LogP contribution in [0, 0.1) is 5.92 Å². The lowest BCUT2D eigenvalue weighted by Crippen LogP contribution is -2.33. The van der Waals surface area contributed by atoms with E-state index in [1.54, 1.807) is 18.9 Å². The minimum absolute atomic E-state index is 0.185. The molecule has 1 N–H and O–H groups in total. The van der Waals surface area contributed by atoms with Gasteiger partial charge < -0.3 is 10.1 Å². The first-order valence-electron chi connectivity index (χ1n) is 9.13. The van der Waals surface area contributed by atoms with Gasteiger partial charge in [-0.15, -0.1) is 10.2 Å². The molecule has 1 fully saturated rings. The van der Waals surface area contributed by atoms with Crippen LogP contribution in [-0.2, 0) is 11.2 Å². The van der Waals surface area contributed by atoms with Crippen molar-refractivity contribution in [3.05, 3.63) is 30.1 Å². The maximum absolute atomic E-state index is 12.3. The molecule has 0 spiro atoms. The molecule has 0 unspecified atom stereocenters. The number of hydrogen-bond donors (Lipinski definition) is 1. The maximum Gasteiger partial charge on any atom is 0.223 e. The van der Waals surface area contributed by atoms with Gasteiger partial charge in [-0.1, -0.05) is 31.0 Å². The molecule has 0 aliphatic heterocycles. The minimum Gasteiger partial charge on any atom is -0.497 e. The normalized spacial score (nSPS) is 15.0. The van der Waals surface area contributed by atoms with Crippen molar-refractivity contribution >= 4 is 17.7 Å². The molecule has 0 bridgehead atoms. The van der Waals surface area contributed by atoms with Gasteiger partial charge in [0.1, 0.15) is 11.6 Å². The molecule has 1 saturated carbocycles. The number of benzene rings is 1. The van der Waals surface area contributed by atoms with Crippen molar-refractivity contribution in [1.29, 1.82) is 0 Å². The van der Waals surface area contributed by atoms with E-state index in [-0.39, 0.29) is 11.8 Å². The van der Waals surface area contributed by atoms with E-state index in [0.717, 1.165) is 35.3 Å². The van der Waals surface area contributed by atoms with Gasteiger partial charge >= 0.3 is 0 Å². The van der Waals surface area contributed by atoms with Crippen LogP contribution in [0.5, 0.6) is 5.75 Å². The monoisotopic (exact) mass is 374 g/mol. The van der Waals surface area contributed by atoms with Gasteiger partial charge in [0.25, 0.3) is 0 Å². The number of aromatic nitrogens is 3. The summed E-state index contributed by atoms with van der Waals surface area (Å²) in [5.74, 6) is 2.03. The standard InChI is InChI=1S/C19H26N4O2S/c1-25-16-10-8-15(9-11-16)23-17(21-22-19(23)26-2)12-13-20-18(24)14-6-4-3-5-7-14/h8-11,14H,3-7,12-13H2,1-2H3,(H,20,24). The molecule has 1 aliphatic carbocycles. The maximum atomic E-state index is 12.3. The third-order valence-electron chi connectivity index (χ3n) is 4.84. The lowest BCUT2D eigenvalue weighted by atomic mass is 9.89. The van der Waals surface area contributed by atoms with Crippen molar-refractivity contribution in [3.8, 4) is 11.4 Å². The SMILES string of the molecule is COc1ccc(-n2c(CCNC(=O)C3CCCCC3)nnc2SC)cc1. The summed E-state index contributed by atoms with van der Waals surface area (Å²) in [7, 11) is 1.65. The van der Waals surface area contributed by atoms with Gasteiger partial charge in [-0.3, -0.25) is 9.36 Å². The first kappa shape index (κ1) is 18.8. The van der Waals surface area contributed by atoms with Crippen LogP contribution in [-0.4, -0.2) is 40.6 Å². The summed E-state index contributed by atoms with van der Waals surface area (Å²) < 4.78 is 7.27. The molecule has 0 saturated heterocycles. The smallest absolute Gasteiger partial charge is 0.223 e. The number of carbonyl (C=O) groups is 1. The van der Waals surface area contributed by atoms with Crippen molar-refractivity contribution in [3.63, 3.8) is 0 Å². The molecule has 26 heavy (non-hydrogen) atoms. The van der Waals surface area contributed by atoms with Crippen LogP contribution < -0.4 is 10.1 Å². The molecule has 1 amide bonds. The predicted molar refractivity (Wildman–Crippen MR) is 103 cm³/mol. The first-order valence-corrected chi connectivity index (χ1v) is 10.4. The van der Waals surface area contributed by atoms with Crippen LogP contribution in [0.15, 0.2) is 29.4 Å². The van der Waals surface area contributed by atoms with E-state index in [9.17, 15) is 4.79 Å². The highest BCUT2D eigenvalue weighted by molar-refractivity contribution is 7.98. The quantitative estimate of drug-likeness (QED) is 0.754. The van der Waals surface area contributed by atoms with E-state index in [1.165, 1.54) is 19.3 Å². The van der Waals surface area contributed by atoms with Gasteiger partial charge in [0, 0.05) is 24.6 Å². The number of hydrogen-bond acceptors (Lipinski definition) is 5. The van der Waals surface area contributed by atoms with Crippen LogP contribution in [0.2, 0.25) is 0 Å². The average molecular weight is 375 g/mol. The van der Waals surface area contributed by atoms with Crippen molar-refractivity contribution < 1.29 is 9.53 Å². The summed E-state index contributed by atoms with van der Waals surface area (Å²) in [4.78, 5) is 12.3. The second-order valence-corrected chi connectivity index (χ2v) is 7.29. The molecule has 0 radical (unpaired) electrons. The summed E-state index contributed by atoms with van der Waals surface area (Å²) >= 11 is 1.55. The molecular weight excluding hydrogens is 348 g/mol. The molecule has 1 aliphatic rings. The number of rotatable bonds is 7. The number of nitrogens with one attached hydrogen (secondary N) is 1. The first-order chi connectivity index (χ1) is 12.7. The Morgan fingerprint density at radius 3 is 2.62 bits per heavy atom.